The summed E-state index contributed by atoms with van der Waals surface area (Å²) >= 11 is 6.02. The van der Waals surface area contributed by atoms with Crippen LogP contribution in [0.4, 0.5) is 4.79 Å². The number of piperidine rings is 2. The van der Waals surface area contributed by atoms with Gasteiger partial charge in [-0.05, 0) is 42.9 Å². The fourth-order valence-corrected chi connectivity index (χ4v) is 5.24. The summed E-state index contributed by atoms with van der Waals surface area (Å²) in [6.45, 7) is 8.89. The molecule has 0 aliphatic carbocycles. The first kappa shape index (κ1) is 26.3. The lowest BCUT2D eigenvalue weighted by Crippen LogP contribution is -2.61. The van der Waals surface area contributed by atoms with E-state index in [0.717, 1.165) is 5.56 Å². The van der Waals surface area contributed by atoms with Crippen molar-refractivity contribution in [2.24, 2.45) is 17.3 Å². The van der Waals surface area contributed by atoms with Crippen LogP contribution < -0.4 is 5.32 Å². The molecule has 3 rings (SSSR count). The van der Waals surface area contributed by atoms with Crippen LogP contribution in [0.1, 0.15) is 52.5 Å². The Hall–Kier alpha value is -2.32. The number of amides is 3. The summed E-state index contributed by atoms with van der Waals surface area (Å²) in [4.78, 5) is 40.8. The molecular weight excluding hydrogens is 458 g/mol. The molecule has 9 heteroatoms. The second-order valence-corrected chi connectivity index (χ2v) is 11.0. The van der Waals surface area contributed by atoms with Gasteiger partial charge < -0.3 is 25.3 Å². The first-order valence-corrected chi connectivity index (χ1v) is 12.3. The molecule has 2 saturated heterocycles. The van der Waals surface area contributed by atoms with Gasteiger partial charge in [0.15, 0.2) is 0 Å². The van der Waals surface area contributed by atoms with Gasteiger partial charge in [-0.3, -0.25) is 9.59 Å². The minimum absolute atomic E-state index is 0.143. The van der Waals surface area contributed by atoms with Crippen molar-refractivity contribution in [3.8, 4) is 0 Å². The topological polar surface area (TPSA) is 110 Å². The molecule has 188 valence electrons. The zero-order valence-corrected chi connectivity index (χ0v) is 21.1. The molecule has 0 spiro atoms. The molecule has 2 aliphatic rings. The van der Waals surface area contributed by atoms with Crippen molar-refractivity contribution >= 4 is 29.5 Å². The van der Waals surface area contributed by atoms with E-state index in [2.05, 4.69) is 5.32 Å². The first-order chi connectivity index (χ1) is 15.9. The van der Waals surface area contributed by atoms with Gasteiger partial charge in [-0.15, -0.1) is 0 Å². The molecule has 0 radical (unpaired) electrons. The largest absolute Gasteiger partial charge is 0.465 e. The van der Waals surface area contributed by atoms with E-state index < -0.39 is 29.1 Å². The molecule has 0 bridgehead atoms. The SMILES string of the molecule is CC(C)C(NC(=O)C1CCCN(C(=O)O)C1)C(=O)N1CCC(O)(c2ccc(Cl)cc2)C(C)(C)C1. The summed E-state index contributed by atoms with van der Waals surface area (Å²) in [5.41, 5.74) is -0.984. The lowest BCUT2D eigenvalue weighted by atomic mass is 9.66. The van der Waals surface area contributed by atoms with E-state index in [1.54, 1.807) is 17.0 Å². The molecule has 0 aromatic heterocycles. The Morgan fingerprint density at radius 3 is 2.32 bits per heavy atom. The van der Waals surface area contributed by atoms with E-state index in [0.29, 0.717) is 43.9 Å². The van der Waals surface area contributed by atoms with E-state index in [-0.39, 0.29) is 24.3 Å². The molecule has 1 aromatic carbocycles. The van der Waals surface area contributed by atoms with Crippen LogP contribution in [-0.4, -0.2) is 70.1 Å². The molecule has 8 nitrogen and oxygen atoms in total. The normalized spacial score (nSPS) is 25.7. The summed E-state index contributed by atoms with van der Waals surface area (Å²) in [6.07, 6.45) is 0.550. The van der Waals surface area contributed by atoms with Crippen LogP contribution in [-0.2, 0) is 15.2 Å². The predicted molar refractivity (Wildman–Crippen MR) is 129 cm³/mol. The highest BCUT2D eigenvalue weighted by Gasteiger charge is 2.50. The van der Waals surface area contributed by atoms with Crippen molar-refractivity contribution < 1.29 is 24.6 Å². The number of carbonyl (C=O) groups is 3. The highest BCUT2D eigenvalue weighted by Crippen LogP contribution is 2.46. The maximum Gasteiger partial charge on any atom is 0.407 e. The van der Waals surface area contributed by atoms with Crippen LogP contribution in [0.2, 0.25) is 5.02 Å². The predicted octanol–water partition coefficient (Wildman–Crippen LogP) is 3.32. The molecule has 3 atom stereocenters. The zero-order valence-electron chi connectivity index (χ0n) is 20.4. The van der Waals surface area contributed by atoms with Crippen molar-refractivity contribution in [2.45, 2.75) is 58.6 Å². The Labute approximate surface area is 206 Å². The summed E-state index contributed by atoms with van der Waals surface area (Å²) < 4.78 is 0. The number of likely N-dealkylation sites (tertiary alicyclic amines) is 2. The van der Waals surface area contributed by atoms with E-state index >= 15 is 0 Å². The highest BCUT2D eigenvalue weighted by molar-refractivity contribution is 6.30. The fraction of sp³-hybridized carbons (Fsp3) is 0.640. The molecule has 3 amide bonds. The van der Waals surface area contributed by atoms with Gasteiger partial charge >= 0.3 is 6.09 Å². The van der Waals surface area contributed by atoms with Gasteiger partial charge in [0.05, 0.1) is 11.5 Å². The quantitative estimate of drug-likeness (QED) is 0.582. The first-order valence-electron chi connectivity index (χ1n) is 11.9. The van der Waals surface area contributed by atoms with Gasteiger partial charge in [0.1, 0.15) is 6.04 Å². The van der Waals surface area contributed by atoms with Crippen LogP contribution in [0.3, 0.4) is 0 Å². The lowest BCUT2D eigenvalue weighted by molar-refractivity contribution is -0.157. The van der Waals surface area contributed by atoms with Gasteiger partial charge in [0, 0.05) is 36.6 Å². The van der Waals surface area contributed by atoms with Gasteiger partial charge in [-0.1, -0.05) is 51.4 Å². The number of benzene rings is 1. The van der Waals surface area contributed by atoms with Crippen LogP contribution in [0.25, 0.3) is 0 Å². The van der Waals surface area contributed by atoms with Crippen LogP contribution >= 0.6 is 11.6 Å². The monoisotopic (exact) mass is 493 g/mol. The van der Waals surface area contributed by atoms with Crippen molar-refractivity contribution in [3.05, 3.63) is 34.9 Å². The summed E-state index contributed by atoms with van der Waals surface area (Å²) in [5.74, 6) is -1.07. The number of hydrogen-bond donors (Lipinski definition) is 3. The maximum atomic E-state index is 13.5. The van der Waals surface area contributed by atoms with E-state index in [1.807, 2.05) is 39.8 Å². The third-order valence-corrected chi connectivity index (χ3v) is 7.63. The van der Waals surface area contributed by atoms with Gasteiger partial charge in [0.25, 0.3) is 0 Å². The van der Waals surface area contributed by atoms with Crippen molar-refractivity contribution in [3.63, 3.8) is 0 Å². The van der Waals surface area contributed by atoms with Gasteiger partial charge in [0.2, 0.25) is 11.8 Å². The highest BCUT2D eigenvalue weighted by atomic mass is 35.5. The molecule has 0 saturated carbocycles. The summed E-state index contributed by atoms with van der Waals surface area (Å²) in [6, 6.07) is 6.44. The second kappa shape index (κ2) is 10.1. The van der Waals surface area contributed by atoms with Crippen molar-refractivity contribution in [1.82, 2.24) is 15.1 Å². The Morgan fingerprint density at radius 2 is 1.76 bits per heavy atom. The lowest BCUT2D eigenvalue weighted by Gasteiger charge is -2.51. The third kappa shape index (κ3) is 5.33. The number of hydrogen-bond acceptors (Lipinski definition) is 4. The molecule has 1 aromatic rings. The molecule has 2 heterocycles. The van der Waals surface area contributed by atoms with Crippen molar-refractivity contribution in [1.29, 1.82) is 0 Å². The van der Waals surface area contributed by atoms with Crippen LogP contribution in [0.5, 0.6) is 0 Å². The molecule has 34 heavy (non-hydrogen) atoms. The number of carbonyl (C=O) groups excluding carboxylic acids is 2. The van der Waals surface area contributed by atoms with E-state index in [9.17, 15) is 24.6 Å². The number of carboxylic acid groups (broad SMARTS) is 1. The minimum atomic E-state index is -1.12. The Bertz CT molecular complexity index is 920. The number of nitrogens with zero attached hydrogens (tertiary/aromatic N) is 2. The number of halogens is 1. The van der Waals surface area contributed by atoms with E-state index in [4.69, 9.17) is 11.6 Å². The third-order valence-electron chi connectivity index (χ3n) is 7.38. The van der Waals surface area contributed by atoms with Crippen LogP contribution in [0.15, 0.2) is 24.3 Å². The maximum absolute atomic E-state index is 13.5. The fourth-order valence-electron chi connectivity index (χ4n) is 5.12. The molecule has 2 aliphatic heterocycles. The number of nitrogens with one attached hydrogen (secondary N) is 1. The zero-order chi connectivity index (χ0) is 25.3. The summed E-state index contributed by atoms with van der Waals surface area (Å²) in [5, 5.41) is 24.3. The molecule has 2 fully saturated rings. The average Bonchev–Trinajstić information content (AvgIpc) is 2.78. The Kier molecular flexibility index (Phi) is 7.82. The summed E-state index contributed by atoms with van der Waals surface area (Å²) in [7, 11) is 0. The van der Waals surface area contributed by atoms with E-state index in [1.165, 1.54) is 4.90 Å². The minimum Gasteiger partial charge on any atom is -0.465 e. The van der Waals surface area contributed by atoms with Gasteiger partial charge in [-0.2, -0.15) is 0 Å². The average molecular weight is 494 g/mol. The molecule has 3 N–H and O–H groups in total. The molecular formula is C25H36ClN3O5. The molecule has 3 unspecified atom stereocenters. The number of rotatable bonds is 5. The Morgan fingerprint density at radius 1 is 1.12 bits per heavy atom. The number of aliphatic hydroxyl groups is 1. The van der Waals surface area contributed by atoms with Gasteiger partial charge in [-0.25, -0.2) is 4.79 Å². The smallest absolute Gasteiger partial charge is 0.407 e. The Balaban J connectivity index is 1.71. The van der Waals surface area contributed by atoms with Crippen molar-refractivity contribution in [2.75, 3.05) is 26.2 Å². The second-order valence-electron chi connectivity index (χ2n) is 10.6. The standard InChI is InChI=1S/C25H36ClN3O5/c1-16(2)20(27-21(30)17-6-5-12-28(14-17)23(32)33)22(31)29-13-11-25(34,24(3,4)15-29)18-7-9-19(26)10-8-18/h7-10,16-17,20,34H,5-6,11-15H2,1-4H3,(H,27,30)(H,32,33). The van der Waals surface area contributed by atoms with Crippen LogP contribution in [0, 0.1) is 17.3 Å².